The van der Waals surface area contributed by atoms with Gasteiger partial charge < -0.3 is 15.0 Å². The number of hydrogen-bond donors (Lipinski definition) is 1. The van der Waals surface area contributed by atoms with E-state index >= 15 is 0 Å². The summed E-state index contributed by atoms with van der Waals surface area (Å²) in [6, 6.07) is 9.87. The Bertz CT molecular complexity index is 609. The van der Waals surface area contributed by atoms with Gasteiger partial charge in [0.25, 0.3) is 0 Å². The van der Waals surface area contributed by atoms with E-state index in [1.807, 2.05) is 12.1 Å². The largest absolute Gasteiger partial charge is 0.497 e. The lowest BCUT2D eigenvalue weighted by Gasteiger charge is -2.34. The molecule has 4 rings (SSSR count). The Morgan fingerprint density at radius 3 is 2.44 bits per heavy atom. The van der Waals surface area contributed by atoms with Crippen molar-refractivity contribution in [1.29, 1.82) is 0 Å². The van der Waals surface area contributed by atoms with E-state index in [9.17, 15) is 4.79 Å². The predicted molar refractivity (Wildman–Crippen MR) is 110 cm³/mol. The predicted octanol–water partition coefficient (Wildman–Crippen LogP) is 4.48. The highest BCUT2D eigenvalue weighted by molar-refractivity contribution is 5.85. The Kier molecular flexibility index (Phi) is 7.04. The van der Waals surface area contributed by atoms with Crippen molar-refractivity contribution in [3.8, 4) is 5.75 Å². The summed E-state index contributed by atoms with van der Waals surface area (Å²) in [5, 5.41) is 3.69. The number of hydrogen-bond acceptors (Lipinski definition) is 3. The standard InChI is InChI=1S/C22H32N2O2.ClH/c1-26-20-10-6-17(7-11-20)21-5-3-2-4-12-24(21)22(25)15-16-13-18-8-9-19(14-16)23-18;/h6-7,10-11,16,18-19,21,23H,2-5,8-9,12-15H2,1H3;1H. The number of ether oxygens (including phenoxy) is 1. The van der Waals surface area contributed by atoms with Crippen molar-refractivity contribution in [1.82, 2.24) is 10.2 Å². The second kappa shape index (κ2) is 9.29. The molecule has 1 aromatic rings. The molecule has 3 atom stereocenters. The molecule has 2 bridgehead atoms. The van der Waals surface area contributed by atoms with Gasteiger partial charge in [-0.15, -0.1) is 12.4 Å². The molecule has 3 fully saturated rings. The fourth-order valence-electron chi connectivity index (χ4n) is 5.29. The van der Waals surface area contributed by atoms with E-state index in [2.05, 4.69) is 22.3 Å². The van der Waals surface area contributed by atoms with Crippen LogP contribution < -0.4 is 10.1 Å². The number of benzene rings is 1. The van der Waals surface area contributed by atoms with Crippen LogP contribution in [0, 0.1) is 5.92 Å². The minimum absolute atomic E-state index is 0. The van der Waals surface area contributed by atoms with Crippen LogP contribution >= 0.6 is 12.4 Å². The Balaban J connectivity index is 0.00000210. The van der Waals surface area contributed by atoms with Crippen molar-refractivity contribution in [3.63, 3.8) is 0 Å². The Morgan fingerprint density at radius 2 is 1.78 bits per heavy atom. The third-order valence-corrected chi connectivity index (χ3v) is 6.61. The molecule has 0 spiro atoms. The molecule has 150 valence electrons. The maximum atomic E-state index is 13.2. The van der Waals surface area contributed by atoms with Gasteiger partial charge in [-0.2, -0.15) is 0 Å². The van der Waals surface area contributed by atoms with Crippen LogP contribution in [-0.2, 0) is 4.79 Å². The molecule has 0 saturated carbocycles. The van der Waals surface area contributed by atoms with Crippen LogP contribution in [0.4, 0.5) is 0 Å². The van der Waals surface area contributed by atoms with E-state index in [1.54, 1.807) is 7.11 Å². The molecule has 3 aliphatic heterocycles. The summed E-state index contributed by atoms with van der Waals surface area (Å²) in [6.45, 7) is 0.910. The Labute approximate surface area is 169 Å². The molecule has 0 radical (unpaired) electrons. The van der Waals surface area contributed by atoms with E-state index in [-0.39, 0.29) is 18.4 Å². The lowest BCUT2D eigenvalue weighted by molar-refractivity contribution is -0.135. The first-order valence-corrected chi connectivity index (χ1v) is 10.4. The number of rotatable bonds is 4. The highest BCUT2D eigenvalue weighted by Gasteiger charge is 2.36. The van der Waals surface area contributed by atoms with Gasteiger partial charge in [-0.3, -0.25) is 4.79 Å². The van der Waals surface area contributed by atoms with Gasteiger partial charge in [0.2, 0.25) is 5.91 Å². The van der Waals surface area contributed by atoms with E-state index in [4.69, 9.17) is 4.74 Å². The van der Waals surface area contributed by atoms with Gasteiger partial charge in [-0.1, -0.05) is 25.0 Å². The lowest BCUT2D eigenvalue weighted by Crippen LogP contribution is -2.41. The SMILES string of the molecule is COc1ccc(C2CCCCCN2C(=O)CC2CC3CCC(C2)N3)cc1.Cl. The highest BCUT2D eigenvalue weighted by Crippen LogP contribution is 2.36. The third-order valence-electron chi connectivity index (χ3n) is 6.61. The van der Waals surface area contributed by atoms with Crippen LogP contribution in [0.2, 0.25) is 0 Å². The molecule has 3 unspecified atom stereocenters. The highest BCUT2D eigenvalue weighted by atomic mass is 35.5. The average molecular weight is 393 g/mol. The van der Waals surface area contributed by atoms with E-state index in [0.717, 1.165) is 31.6 Å². The monoisotopic (exact) mass is 392 g/mol. The summed E-state index contributed by atoms with van der Waals surface area (Å²) in [6.07, 6.45) is 10.4. The minimum atomic E-state index is 0. The minimum Gasteiger partial charge on any atom is -0.497 e. The fraction of sp³-hybridized carbons (Fsp3) is 0.682. The van der Waals surface area contributed by atoms with Gasteiger partial charge in [0, 0.05) is 25.0 Å². The van der Waals surface area contributed by atoms with E-state index < -0.39 is 0 Å². The Hall–Kier alpha value is -1.26. The van der Waals surface area contributed by atoms with Crippen LogP contribution in [-0.4, -0.2) is 36.5 Å². The molecule has 1 amide bonds. The average Bonchev–Trinajstić information content (AvgIpc) is 2.86. The smallest absolute Gasteiger partial charge is 0.223 e. The van der Waals surface area contributed by atoms with E-state index in [0.29, 0.717) is 23.9 Å². The summed E-state index contributed by atoms with van der Waals surface area (Å²) in [7, 11) is 1.70. The number of halogens is 1. The molecule has 4 nitrogen and oxygen atoms in total. The van der Waals surface area contributed by atoms with Crippen LogP contribution in [0.15, 0.2) is 24.3 Å². The molecular weight excluding hydrogens is 360 g/mol. The molecule has 1 aromatic carbocycles. The first kappa shape index (κ1) is 20.5. The van der Waals surface area contributed by atoms with Crippen LogP contribution in [0.1, 0.15) is 69.4 Å². The molecule has 3 aliphatic rings. The quantitative estimate of drug-likeness (QED) is 0.821. The van der Waals surface area contributed by atoms with Crippen molar-refractivity contribution in [2.75, 3.05) is 13.7 Å². The number of nitrogens with zero attached hydrogens (tertiary/aromatic N) is 1. The van der Waals surface area contributed by atoms with Crippen molar-refractivity contribution in [2.24, 2.45) is 5.92 Å². The maximum absolute atomic E-state index is 13.2. The molecule has 27 heavy (non-hydrogen) atoms. The second-order valence-corrected chi connectivity index (χ2v) is 8.40. The zero-order valence-corrected chi connectivity index (χ0v) is 17.2. The molecular formula is C22H33ClN2O2. The van der Waals surface area contributed by atoms with Crippen molar-refractivity contribution in [3.05, 3.63) is 29.8 Å². The number of methoxy groups -OCH3 is 1. The van der Waals surface area contributed by atoms with Gasteiger partial charge in [0.1, 0.15) is 5.75 Å². The number of amides is 1. The van der Waals surface area contributed by atoms with Crippen LogP contribution in [0.3, 0.4) is 0 Å². The fourth-order valence-corrected chi connectivity index (χ4v) is 5.29. The van der Waals surface area contributed by atoms with Crippen LogP contribution in [0.5, 0.6) is 5.75 Å². The summed E-state index contributed by atoms with van der Waals surface area (Å²) in [4.78, 5) is 15.4. The molecule has 3 heterocycles. The first-order valence-electron chi connectivity index (χ1n) is 10.4. The molecule has 1 N–H and O–H groups in total. The lowest BCUT2D eigenvalue weighted by atomic mass is 9.89. The number of carbonyl (C=O) groups excluding carboxylic acids is 1. The number of carbonyl (C=O) groups is 1. The topological polar surface area (TPSA) is 41.6 Å². The zero-order valence-electron chi connectivity index (χ0n) is 16.4. The van der Waals surface area contributed by atoms with Crippen molar-refractivity contribution < 1.29 is 9.53 Å². The van der Waals surface area contributed by atoms with Gasteiger partial charge in [-0.05, 0) is 62.1 Å². The number of piperidine rings is 1. The third kappa shape index (κ3) is 4.78. The Morgan fingerprint density at radius 1 is 1.07 bits per heavy atom. The molecule has 3 saturated heterocycles. The van der Waals surface area contributed by atoms with Gasteiger partial charge in [0.05, 0.1) is 13.2 Å². The first-order chi connectivity index (χ1) is 12.7. The number of nitrogens with one attached hydrogen (secondary N) is 1. The van der Waals surface area contributed by atoms with Crippen molar-refractivity contribution >= 4 is 18.3 Å². The number of likely N-dealkylation sites (tertiary alicyclic amines) is 1. The summed E-state index contributed by atoms with van der Waals surface area (Å²) in [5.74, 6) is 1.82. The van der Waals surface area contributed by atoms with Gasteiger partial charge >= 0.3 is 0 Å². The van der Waals surface area contributed by atoms with E-state index in [1.165, 1.54) is 44.1 Å². The molecule has 0 aliphatic carbocycles. The summed E-state index contributed by atoms with van der Waals surface area (Å²) < 4.78 is 5.30. The zero-order chi connectivity index (χ0) is 17.9. The van der Waals surface area contributed by atoms with Crippen LogP contribution in [0.25, 0.3) is 0 Å². The molecule has 0 aromatic heterocycles. The number of fused-ring (bicyclic) bond motifs is 2. The van der Waals surface area contributed by atoms with Gasteiger partial charge in [-0.25, -0.2) is 0 Å². The summed E-state index contributed by atoms with van der Waals surface area (Å²) >= 11 is 0. The second-order valence-electron chi connectivity index (χ2n) is 8.40. The normalized spacial score (nSPS) is 30.3. The van der Waals surface area contributed by atoms with Crippen molar-refractivity contribution in [2.45, 2.75) is 75.9 Å². The molecule has 5 heteroatoms. The van der Waals surface area contributed by atoms with Gasteiger partial charge in [0.15, 0.2) is 0 Å². The summed E-state index contributed by atoms with van der Waals surface area (Å²) in [5.41, 5.74) is 1.26. The maximum Gasteiger partial charge on any atom is 0.223 e.